The molecule has 206 valence electrons. The van der Waals surface area contributed by atoms with Gasteiger partial charge < -0.3 is 14.2 Å². The molecule has 0 spiro atoms. The Morgan fingerprint density at radius 1 is 0.949 bits per heavy atom. The lowest BCUT2D eigenvalue weighted by atomic mass is 9.75. The molecule has 2 bridgehead atoms. The van der Waals surface area contributed by atoms with Crippen LogP contribution in [0, 0.1) is 11.3 Å². The van der Waals surface area contributed by atoms with Gasteiger partial charge in [0.1, 0.15) is 11.2 Å². The van der Waals surface area contributed by atoms with Crippen molar-refractivity contribution in [3.8, 4) is 5.75 Å². The SMILES string of the molecule is COc1ccc(C[C@@]2(CN3C[C@H]4C[C@H](C3)c3cccc(=O)n3C4)C(=O)NC(=O)N(C3CCCCC3)C2=O)cc1. The quantitative estimate of drug-likeness (QED) is 0.575. The monoisotopic (exact) mass is 532 g/mol. The summed E-state index contributed by atoms with van der Waals surface area (Å²) in [5.74, 6) is 0.206. The zero-order chi connectivity index (χ0) is 27.1. The number of amides is 4. The number of pyridine rings is 1. The van der Waals surface area contributed by atoms with Crippen LogP contribution in [0.4, 0.5) is 4.79 Å². The Kier molecular flexibility index (Phi) is 6.79. The highest BCUT2D eigenvalue weighted by Crippen LogP contribution is 2.39. The van der Waals surface area contributed by atoms with E-state index in [0.717, 1.165) is 49.8 Å². The Hall–Kier alpha value is -3.46. The maximum atomic E-state index is 14.4. The number of carbonyl (C=O) groups excluding carboxylic acids is 3. The van der Waals surface area contributed by atoms with Gasteiger partial charge in [-0.25, -0.2) is 4.79 Å². The molecule has 0 unspecified atom stereocenters. The van der Waals surface area contributed by atoms with Gasteiger partial charge in [0.15, 0.2) is 0 Å². The van der Waals surface area contributed by atoms with E-state index in [1.807, 2.05) is 41.0 Å². The Bertz CT molecular complexity index is 1330. The van der Waals surface area contributed by atoms with Gasteiger partial charge in [0, 0.05) is 49.9 Å². The Balaban J connectivity index is 1.34. The molecule has 3 atom stereocenters. The van der Waals surface area contributed by atoms with Crippen molar-refractivity contribution >= 4 is 17.8 Å². The number of likely N-dealkylation sites (tertiary alicyclic amines) is 1. The fraction of sp³-hybridized carbons (Fsp3) is 0.533. The van der Waals surface area contributed by atoms with Gasteiger partial charge in [0.2, 0.25) is 11.8 Å². The van der Waals surface area contributed by atoms with Crippen molar-refractivity contribution in [2.24, 2.45) is 11.3 Å². The van der Waals surface area contributed by atoms with Gasteiger partial charge in [-0.05, 0) is 55.4 Å². The molecule has 3 aliphatic heterocycles. The summed E-state index contributed by atoms with van der Waals surface area (Å²) in [6, 6.07) is 12.1. The summed E-state index contributed by atoms with van der Waals surface area (Å²) in [5, 5.41) is 2.58. The first-order valence-corrected chi connectivity index (χ1v) is 14.1. The number of methoxy groups -OCH3 is 1. The van der Waals surface area contributed by atoms with Crippen LogP contribution in [0.5, 0.6) is 5.75 Å². The second kappa shape index (κ2) is 10.3. The molecule has 1 N–H and O–H groups in total. The second-order valence-electron chi connectivity index (χ2n) is 11.7. The topological polar surface area (TPSA) is 101 Å². The summed E-state index contributed by atoms with van der Waals surface area (Å²) >= 11 is 0. The molecule has 1 saturated carbocycles. The third-order valence-corrected chi connectivity index (χ3v) is 9.16. The van der Waals surface area contributed by atoms with Crippen molar-refractivity contribution in [1.29, 1.82) is 0 Å². The third-order valence-electron chi connectivity index (χ3n) is 9.16. The van der Waals surface area contributed by atoms with Crippen molar-refractivity contribution in [2.45, 2.75) is 63.5 Å². The summed E-state index contributed by atoms with van der Waals surface area (Å²) in [5.41, 5.74) is 0.453. The fourth-order valence-electron chi connectivity index (χ4n) is 7.32. The fourth-order valence-corrected chi connectivity index (χ4v) is 7.32. The highest BCUT2D eigenvalue weighted by atomic mass is 16.5. The van der Waals surface area contributed by atoms with E-state index in [1.54, 1.807) is 13.2 Å². The predicted molar refractivity (Wildman–Crippen MR) is 144 cm³/mol. The summed E-state index contributed by atoms with van der Waals surface area (Å²) < 4.78 is 7.19. The number of piperidine rings is 1. The maximum absolute atomic E-state index is 14.4. The van der Waals surface area contributed by atoms with E-state index in [-0.39, 0.29) is 42.3 Å². The highest BCUT2D eigenvalue weighted by molar-refractivity contribution is 6.19. The first-order chi connectivity index (χ1) is 18.9. The summed E-state index contributed by atoms with van der Waals surface area (Å²) in [4.78, 5) is 57.3. The number of hydrogen-bond acceptors (Lipinski definition) is 6. The van der Waals surface area contributed by atoms with Crippen LogP contribution in [0.25, 0.3) is 0 Å². The number of benzene rings is 1. The first-order valence-electron chi connectivity index (χ1n) is 14.1. The number of rotatable bonds is 6. The Morgan fingerprint density at radius 2 is 1.72 bits per heavy atom. The minimum Gasteiger partial charge on any atom is -0.497 e. The smallest absolute Gasteiger partial charge is 0.331 e. The first kappa shape index (κ1) is 25.8. The van der Waals surface area contributed by atoms with Crippen molar-refractivity contribution in [3.63, 3.8) is 0 Å². The number of hydrogen-bond donors (Lipinski definition) is 1. The van der Waals surface area contributed by atoms with Crippen molar-refractivity contribution in [3.05, 3.63) is 64.1 Å². The lowest BCUT2D eigenvalue weighted by molar-refractivity contribution is -0.155. The molecule has 6 rings (SSSR count). The number of ether oxygens (including phenoxy) is 1. The van der Waals surface area contributed by atoms with Crippen molar-refractivity contribution in [1.82, 2.24) is 19.7 Å². The van der Waals surface area contributed by atoms with Gasteiger partial charge in [-0.15, -0.1) is 0 Å². The molecule has 0 radical (unpaired) electrons. The molecule has 4 amide bonds. The molecule has 3 fully saturated rings. The van der Waals surface area contributed by atoms with Gasteiger partial charge in [-0.3, -0.25) is 24.6 Å². The minimum atomic E-state index is -1.43. The minimum absolute atomic E-state index is 0.0232. The van der Waals surface area contributed by atoms with E-state index in [4.69, 9.17) is 4.74 Å². The molecule has 39 heavy (non-hydrogen) atoms. The number of imide groups is 2. The number of nitrogens with one attached hydrogen (secondary N) is 1. The number of urea groups is 1. The largest absolute Gasteiger partial charge is 0.497 e. The Labute approximate surface area is 228 Å². The zero-order valence-corrected chi connectivity index (χ0v) is 22.4. The molecule has 9 nitrogen and oxygen atoms in total. The van der Waals surface area contributed by atoms with Crippen LogP contribution >= 0.6 is 0 Å². The van der Waals surface area contributed by atoms with Crippen LogP contribution in [-0.4, -0.2) is 65.0 Å². The van der Waals surface area contributed by atoms with Gasteiger partial charge in [-0.1, -0.05) is 37.5 Å². The van der Waals surface area contributed by atoms with Crippen LogP contribution < -0.4 is 15.6 Å². The lowest BCUT2D eigenvalue weighted by Gasteiger charge is -2.48. The molecular weight excluding hydrogens is 496 g/mol. The van der Waals surface area contributed by atoms with Crippen LogP contribution in [0.2, 0.25) is 0 Å². The van der Waals surface area contributed by atoms with E-state index in [9.17, 15) is 19.2 Å². The molecule has 1 aliphatic carbocycles. The van der Waals surface area contributed by atoms with E-state index in [1.165, 1.54) is 4.90 Å². The summed E-state index contributed by atoms with van der Waals surface area (Å²) in [6.07, 6.45) is 5.75. The number of carbonyl (C=O) groups is 3. The molecular formula is C30H36N4O5. The lowest BCUT2D eigenvalue weighted by Crippen LogP contribution is -2.69. The van der Waals surface area contributed by atoms with Crippen molar-refractivity contribution < 1.29 is 19.1 Å². The van der Waals surface area contributed by atoms with Crippen LogP contribution in [0.15, 0.2) is 47.3 Å². The molecule has 1 aromatic heterocycles. The normalized spacial score (nSPS) is 27.7. The number of barbiturate groups is 1. The van der Waals surface area contributed by atoms with Gasteiger partial charge >= 0.3 is 6.03 Å². The number of aromatic nitrogens is 1. The molecule has 2 aromatic rings. The van der Waals surface area contributed by atoms with Gasteiger partial charge in [-0.2, -0.15) is 0 Å². The Morgan fingerprint density at radius 3 is 2.46 bits per heavy atom. The average Bonchev–Trinajstić information content (AvgIpc) is 2.93. The van der Waals surface area contributed by atoms with Gasteiger partial charge in [0.25, 0.3) is 5.56 Å². The summed E-state index contributed by atoms with van der Waals surface area (Å²) in [6.45, 7) is 2.21. The number of fused-ring (bicyclic) bond motifs is 4. The summed E-state index contributed by atoms with van der Waals surface area (Å²) in [7, 11) is 1.60. The van der Waals surface area contributed by atoms with E-state index < -0.39 is 17.4 Å². The molecule has 4 aliphatic rings. The standard InChI is InChI=1S/C30H36N4O5/c1-39-24-12-10-20(11-13-24)15-30(27(36)31-29(38)34(28(30)37)23-6-3-2-4-7-23)19-32-16-21-14-22(18-32)25-8-5-9-26(35)33(25)17-21/h5,8-13,21-23H,2-4,6-7,14-19H2,1H3,(H,31,36,38)/t21-,22-,30-/m1/s1. The van der Waals surface area contributed by atoms with Crippen LogP contribution in [-0.2, 0) is 22.6 Å². The predicted octanol–water partition coefficient (Wildman–Crippen LogP) is 2.92. The van der Waals surface area contributed by atoms with E-state index in [2.05, 4.69) is 10.2 Å². The van der Waals surface area contributed by atoms with Crippen LogP contribution in [0.1, 0.15) is 55.7 Å². The van der Waals surface area contributed by atoms with Crippen molar-refractivity contribution in [2.75, 3.05) is 26.7 Å². The maximum Gasteiger partial charge on any atom is 0.331 e. The number of nitrogens with zero attached hydrogens (tertiary/aromatic N) is 3. The second-order valence-corrected chi connectivity index (χ2v) is 11.7. The van der Waals surface area contributed by atoms with E-state index >= 15 is 0 Å². The van der Waals surface area contributed by atoms with Crippen LogP contribution in [0.3, 0.4) is 0 Å². The highest BCUT2D eigenvalue weighted by Gasteiger charge is 2.56. The molecule has 2 saturated heterocycles. The van der Waals surface area contributed by atoms with Gasteiger partial charge in [0.05, 0.1) is 7.11 Å². The average molecular weight is 533 g/mol. The van der Waals surface area contributed by atoms with E-state index in [0.29, 0.717) is 25.4 Å². The molecule has 9 heteroatoms. The third kappa shape index (κ3) is 4.67. The zero-order valence-electron chi connectivity index (χ0n) is 22.4. The molecule has 1 aromatic carbocycles. The molecule has 4 heterocycles.